The fraction of sp³-hybridized carbons (Fsp3) is 0.370. The van der Waals surface area contributed by atoms with Gasteiger partial charge < -0.3 is 10.2 Å². The van der Waals surface area contributed by atoms with Crippen molar-refractivity contribution in [2.45, 2.75) is 52.0 Å². The van der Waals surface area contributed by atoms with E-state index in [0.717, 1.165) is 46.1 Å². The molecule has 2 heterocycles. The number of carbonyl (C=O) groups excluding carboxylic acids is 3. The van der Waals surface area contributed by atoms with Crippen LogP contribution in [-0.4, -0.2) is 40.6 Å². The Labute approximate surface area is 219 Å². The number of nitrogens with one attached hydrogen (secondary N) is 1. The Balaban J connectivity index is 1.51. The number of carbonyl (C=O) groups is 3. The Hall–Kier alpha value is -2.58. The highest BCUT2D eigenvalue weighted by molar-refractivity contribution is 9.10. The van der Waals surface area contributed by atoms with Crippen LogP contribution in [0.25, 0.3) is 6.08 Å². The maximum atomic E-state index is 12.9. The molecule has 1 saturated heterocycles. The van der Waals surface area contributed by atoms with Crippen LogP contribution >= 0.6 is 27.7 Å². The van der Waals surface area contributed by atoms with Gasteiger partial charge in [0.2, 0.25) is 5.91 Å². The van der Waals surface area contributed by atoms with E-state index in [9.17, 15) is 14.4 Å². The highest BCUT2D eigenvalue weighted by Gasteiger charge is 2.37. The van der Waals surface area contributed by atoms with Crippen molar-refractivity contribution in [3.63, 3.8) is 0 Å². The Bertz CT molecular complexity index is 1190. The van der Waals surface area contributed by atoms with Gasteiger partial charge in [0.15, 0.2) is 0 Å². The predicted molar refractivity (Wildman–Crippen MR) is 147 cm³/mol. The smallest absolute Gasteiger partial charge is 0.294 e. The van der Waals surface area contributed by atoms with Gasteiger partial charge in [-0.05, 0) is 98.0 Å². The van der Waals surface area contributed by atoms with Crippen molar-refractivity contribution in [1.82, 2.24) is 4.90 Å². The molecule has 2 aromatic rings. The van der Waals surface area contributed by atoms with Crippen molar-refractivity contribution < 1.29 is 14.4 Å². The average molecular weight is 557 g/mol. The minimum atomic E-state index is -0.439. The Morgan fingerprint density at radius 1 is 1.20 bits per heavy atom. The SMILES string of the molecule is CCCN1c2ccc(/C=C3/SC(=O)N(CC(=O)Nc4ccc(Br)cc4)C3=O)cc2C(C)CC1(C)C. The van der Waals surface area contributed by atoms with Crippen molar-refractivity contribution in [2.24, 2.45) is 0 Å². The van der Waals surface area contributed by atoms with Gasteiger partial charge in [0.1, 0.15) is 6.54 Å². The first-order valence-electron chi connectivity index (χ1n) is 11.8. The van der Waals surface area contributed by atoms with Gasteiger partial charge in [0.05, 0.1) is 4.91 Å². The molecule has 6 nitrogen and oxygen atoms in total. The van der Waals surface area contributed by atoms with E-state index in [1.807, 2.05) is 6.07 Å². The van der Waals surface area contributed by atoms with Gasteiger partial charge >= 0.3 is 0 Å². The summed E-state index contributed by atoms with van der Waals surface area (Å²) >= 11 is 4.22. The molecule has 1 atom stereocenters. The predicted octanol–water partition coefficient (Wildman–Crippen LogP) is 6.63. The van der Waals surface area contributed by atoms with Crippen LogP contribution in [0, 0.1) is 0 Å². The second-order valence-corrected chi connectivity index (χ2v) is 11.6. The molecule has 1 N–H and O–H groups in total. The first kappa shape index (κ1) is 25.5. The number of rotatable bonds is 6. The largest absolute Gasteiger partial charge is 0.366 e. The number of nitrogens with zero attached hydrogens (tertiary/aromatic N) is 2. The Morgan fingerprint density at radius 2 is 1.91 bits per heavy atom. The number of anilines is 2. The molecule has 3 amide bonds. The van der Waals surface area contributed by atoms with Crippen molar-refractivity contribution in [3.8, 4) is 0 Å². The van der Waals surface area contributed by atoms with Gasteiger partial charge in [0.25, 0.3) is 11.1 Å². The van der Waals surface area contributed by atoms with E-state index >= 15 is 0 Å². The van der Waals surface area contributed by atoms with E-state index in [4.69, 9.17) is 0 Å². The molecule has 1 fully saturated rings. The quantitative estimate of drug-likeness (QED) is 0.405. The summed E-state index contributed by atoms with van der Waals surface area (Å²) < 4.78 is 0.893. The number of hydrogen-bond acceptors (Lipinski definition) is 5. The summed E-state index contributed by atoms with van der Waals surface area (Å²) in [5.41, 5.74) is 4.08. The summed E-state index contributed by atoms with van der Waals surface area (Å²) in [6.07, 6.45) is 3.88. The van der Waals surface area contributed by atoms with Gasteiger partial charge in [0, 0.05) is 27.9 Å². The summed E-state index contributed by atoms with van der Waals surface area (Å²) in [6.45, 7) is 9.69. The summed E-state index contributed by atoms with van der Waals surface area (Å²) in [7, 11) is 0. The van der Waals surface area contributed by atoms with Crippen LogP contribution in [0.2, 0.25) is 0 Å². The van der Waals surface area contributed by atoms with Crippen molar-refractivity contribution >= 4 is 62.2 Å². The summed E-state index contributed by atoms with van der Waals surface area (Å²) in [6, 6.07) is 13.4. The van der Waals surface area contributed by atoms with E-state index in [0.29, 0.717) is 16.5 Å². The molecule has 35 heavy (non-hydrogen) atoms. The minimum absolute atomic E-state index is 0.0867. The molecule has 1 unspecified atom stereocenters. The van der Waals surface area contributed by atoms with Crippen molar-refractivity contribution in [3.05, 3.63) is 63.0 Å². The zero-order valence-electron chi connectivity index (χ0n) is 20.4. The van der Waals surface area contributed by atoms with Gasteiger partial charge in [-0.2, -0.15) is 0 Å². The topological polar surface area (TPSA) is 69.7 Å². The van der Waals surface area contributed by atoms with E-state index < -0.39 is 17.1 Å². The molecule has 2 aromatic carbocycles. The van der Waals surface area contributed by atoms with E-state index in [1.165, 1.54) is 11.3 Å². The second kappa shape index (κ2) is 10.2. The molecule has 2 aliphatic rings. The molecule has 0 aromatic heterocycles. The number of fused-ring (bicyclic) bond motifs is 1. The molecule has 2 aliphatic heterocycles. The van der Waals surface area contributed by atoms with E-state index in [-0.39, 0.29) is 12.1 Å². The Morgan fingerprint density at radius 3 is 2.60 bits per heavy atom. The molecular formula is C27H30BrN3O3S. The van der Waals surface area contributed by atoms with Crippen LogP contribution in [0.15, 0.2) is 51.8 Å². The van der Waals surface area contributed by atoms with Crippen LogP contribution in [0.1, 0.15) is 57.6 Å². The van der Waals surface area contributed by atoms with E-state index in [2.05, 4.69) is 66.0 Å². The average Bonchev–Trinajstić information content (AvgIpc) is 3.05. The zero-order valence-corrected chi connectivity index (χ0v) is 22.8. The zero-order chi connectivity index (χ0) is 25.3. The number of benzene rings is 2. The molecule has 0 bridgehead atoms. The monoisotopic (exact) mass is 555 g/mol. The first-order chi connectivity index (χ1) is 16.6. The van der Waals surface area contributed by atoms with Crippen LogP contribution in [0.5, 0.6) is 0 Å². The third-order valence-electron chi connectivity index (χ3n) is 6.46. The van der Waals surface area contributed by atoms with E-state index in [1.54, 1.807) is 30.3 Å². The molecule has 4 rings (SSSR count). The molecule has 8 heteroatoms. The maximum absolute atomic E-state index is 12.9. The minimum Gasteiger partial charge on any atom is -0.366 e. The summed E-state index contributed by atoms with van der Waals surface area (Å²) in [4.78, 5) is 41.7. The van der Waals surface area contributed by atoms with Crippen LogP contribution in [-0.2, 0) is 9.59 Å². The van der Waals surface area contributed by atoms with Crippen molar-refractivity contribution in [1.29, 1.82) is 0 Å². The molecular weight excluding hydrogens is 526 g/mol. The molecule has 0 aliphatic carbocycles. The third kappa shape index (κ3) is 5.48. The normalized spacial score (nSPS) is 20.4. The van der Waals surface area contributed by atoms with Crippen LogP contribution < -0.4 is 10.2 Å². The van der Waals surface area contributed by atoms with Crippen LogP contribution in [0.3, 0.4) is 0 Å². The second-order valence-electron chi connectivity index (χ2n) is 9.71. The molecule has 184 valence electrons. The van der Waals surface area contributed by atoms with Crippen LogP contribution in [0.4, 0.5) is 16.2 Å². The Kier molecular flexibility index (Phi) is 7.43. The molecule has 0 spiro atoms. The summed E-state index contributed by atoms with van der Waals surface area (Å²) in [5.74, 6) is -0.471. The number of halogens is 1. The lowest BCUT2D eigenvalue weighted by Gasteiger charge is -2.47. The van der Waals surface area contributed by atoms with Gasteiger partial charge in [-0.3, -0.25) is 19.3 Å². The first-order valence-corrected chi connectivity index (χ1v) is 13.4. The standard InChI is InChI=1S/C27H30BrN3O3S/c1-5-12-31-22-11-6-18(13-21(22)17(2)15-27(31,3)4)14-23-25(33)30(26(34)35-23)16-24(32)29-20-9-7-19(28)8-10-20/h6-11,13-14,17H,5,12,15-16H2,1-4H3,(H,29,32)/b23-14+. The number of thioether (sulfide) groups is 1. The number of hydrogen-bond donors (Lipinski definition) is 1. The number of amides is 3. The fourth-order valence-electron chi connectivity index (χ4n) is 4.91. The fourth-order valence-corrected chi connectivity index (χ4v) is 6.01. The lowest BCUT2D eigenvalue weighted by atomic mass is 9.79. The van der Waals surface area contributed by atoms with Gasteiger partial charge in [-0.1, -0.05) is 35.8 Å². The van der Waals surface area contributed by atoms with Gasteiger partial charge in [-0.15, -0.1) is 0 Å². The van der Waals surface area contributed by atoms with Gasteiger partial charge in [-0.25, -0.2) is 0 Å². The highest BCUT2D eigenvalue weighted by atomic mass is 79.9. The molecule has 0 radical (unpaired) electrons. The maximum Gasteiger partial charge on any atom is 0.294 e. The summed E-state index contributed by atoms with van der Waals surface area (Å²) in [5, 5.41) is 2.29. The third-order valence-corrected chi connectivity index (χ3v) is 7.89. The highest BCUT2D eigenvalue weighted by Crippen LogP contribution is 2.44. The number of imide groups is 1. The molecule has 0 saturated carbocycles. The van der Waals surface area contributed by atoms with Crippen molar-refractivity contribution in [2.75, 3.05) is 23.3 Å². The lowest BCUT2D eigenvalue weighted by molar-refractivity contribution is -0.127. The lowest BCUT2D eigenvalue weighted by Crippen LogP contribution is -2.48.